The van der Waals surface area contributed by atoms with Gasteiger partial charge < -0.3 is 9.80 Å². The van der Waals surface area contributed by atoms with Crippen LogP contribution in [0.15, 0.2) is 170 Å². The summed E-state index contributed by atoms with van der Waals surface area (Å²) in [7, 11) is 0. The molecule has 0 atom stereocenters. The zero-order valence-corrected chi connectivity index (χ0v) is 27.1. The third-order valence-corrected chi connectivity index (χ3v) is 9.76. The van der Waals surface area contributed by atoms with E-state index in [9.17, 15) is 0 Å². The van der Waals surface area contributed by atoms with E-state index in [1.807, 2.05) is 0 Å². The average Bonchev–Trinajstić information content (AvgIpc) is 3.13. The zero-order valence-electron chi connectivity index (χ0n) is 27.1. The van der Waals surface area contributed by atoms with Gasteiger partial charge in [-0.15, -0.1) is 0 Å². The first kappa shape index (κ1) is 28.1. The van der Waals surface area contributed by atoms with Gasteiger partial charge in [0.25, 0.3) is 0 Å². The first-order valence-electron chi connectivity index (χ1n) is 16.6. The predicted molar refractivity (Wildman–Crippen MR) is 205 cm³/mol. The van der Waals surface area contributed by atoms with E-state index in [0.717, 1.165) is 22.7 Å². The van der Waals surface area contributed by atoms with Gasteiger partial charge in [0.1, 0.15) is 0 Å². The van der Waals surface area contributed by atoms with Crippen LogP contribution in [-0.2, 0) is 0 Å². The molecule has 228 valence electrons. The second-order valence-electron chi connectivity index (χ2n) is 12.8. The molecule has 0 amide bonds. The number of para-hydroxylation sites is 4. The fourth-order valence-corrected chi connectivity index (χ4v) is 7.31. The molecular weight excluding hydrogens is 581 g/mol. The highest BCUT2D eigenvalue weighted by atomic mass is 15.1. The molecule has 1 aliphatic rings. The number of anilines is 6. The van der Waals surface area contributed by atoms with Gasteiger partial charge in [-0.05, 0) is 154 Å². The molecule has 0 bridgehead atoms. The van der Waals surface area contributed by atoms with Crippen molar-refractivity contribution >= 4 is 55.7 Å². The number of rotatable bonds is 6. The van der Waals surface area contributed by atoms with Gasteiger partial charge in [-0.3, -0.25) is 0 Å². The van der Waals surface area contributed by atoms with E-state index in [4.69, 9.17) is 0 Å². The van der Waals surface area contributed by atoms with Crippen molar-refractivity contribution in [3.63, 3.8) is 0 Å². The Kier molecular flexibility index (Phi) is 6.62. The molecule has 0 fully saturated rings. The summed E-state index contributed by atoms with van der Waals surface area (Å²) in [6, 6.07) is 61.8. The van der Waals surface area contributed by atoms with Crippen LogP contribution in [0.25, 0.3) is 43.8 Å². The van der Waals surface area contributed by atoms with Gasteiger partial charge in [-0.1, -0.05) is 84.9 Å². The molecule has 48 heavy (non-hydrogen) atoms. The fraction of sp³-hybridized carbons (Fsp3) is 0.0435. The van der Waals surface area contributed by atoms with Crippen molar-refractivity contribution in [2.75, 3.05) is 9.80 Å². The minimum atomic E-state index is 1.15. The lowest BCUT2D eigenvalue weighted by molar-refractivity contribution is 1.25. The predicted octanol–water partition coefficient (Wildman–Crippen LogP) is 13.2. The Labute approximate surface area is 281 Å². The molecule has 0 saturated heterocycles. The Bertz CT molecular complexity index is 2290. The van der Waals surface area contributed by atoms with E-state index in [2.05, 4.69) is 194 Å². The van der Waals surface area contributed by atoms with E-state index < -0.39 is 0 Å². The van der Waals surface area contributed by atoms with Crippen molar-refractivity contribution < 1.29 is 0 Å². The number of hydrogen-bond acceptors (Lipinski definition) is 2. The van der Waals surface area contributed by atoms with Gasteiger partial charge in [0.2, 0.25) is 0 Å². The molecule has 8 aromatic rings. The summed E-state index contributed by atoms with van der Waals surface area (Å²) in [6.07, 6.45) is 0. The molecule has 0 aromatic heterocycles. The van der Waals surface area contributed by atoms with E-state index in [1.165, 1.54) is 66.3 Å². The Morgan fingerprint density at radius 1 is 0.292 bits per heavy atom. The van der Waals surface area contributed by atoms with Gasteiger partial charge in [0.05, 0.1) is 0 Å². The van der Waals surface area contributed by atoms with Crippen LogP contribution >= 0.6 is 0 Å². The molecule has 8 aromatic carbocycles. The molecule has 0 N–H and O–H groups in total. The Morgan fingerprint density at radius 2 is 0.646 bits per heavy atom. The van der Waals surface area contributed by atoms with Gasteiger partial charge >= 0.3 is 0 Å². The molecule has 0 saturated carbocycles. The molecule has 0 heterocycles. The Balaban J connectivity index is 1.12. The van der Waals surface area contributed by atoms with E-state index in [0.29, 0.717) is 0 Å². The molecule has 0 unspecified atom stereocenters. The van der Waals surface area contributed by atoms with Crippen molar-refractivity contribution in [2.45, 2.75) is 13.8 Å². The lowest BCUT2D eigenvalue weighted by Gasteiger charge is -2.29. The maximum Gasteiger partial charge on any atom is 0.0490 e. The third kappa shape index (κ3) is 4.65. The number of benzene rings is 8. The fourth-order valence-electron chi connectivity index (χ4n) is 7.31. The first-order chi connectivity index (χ1) is 23.6. The monoisotopic (exact) mass is 614 g/mol. The highest BCUT2D eigenvalue weighted by molar-refractivity contribution is 6.12. The molecule has 0 spiro atoms. The van der Waals surface area contributed by atoms with Crippen LogP contribution in [0.4, 0.5) is 34.1 Å². The van der Waals surface area contributed by atoms with Crippen LogP contribution in [0.3, 0.4) is 0 Å². The molecule has 2 nitrogen and oxygen atoms in total. The molecular formula is C46H34N2. The zero-order chi connectivity index (χ0) is 32.2. The molecule has 9 rings (SSSR count). The van der Waals surface area contributed by atoms with E-state index in [1.54, 1.807) is 0 Å². The van der Waals surface area contributed by atoms with Crippen molar-refractivity contribution in [1.29, 1.82) is 0 Å². The topological polar surface area (TPSA) is 6.48 Å². The maximum atomic E-state index is 2.38. The first-order valence-corrected chi connectivity index (χ1v) is 16.6. The standard InChI is InChI=1S/C46H34N2/c1-31-13-9-11-19-45(31)47(37-15-5-3-6-16-37)39-23-21-33-27-41-43(29-35(33)25-39)42-28-34-22-24-40(26-36(34)30-44(41)42)48(38-17-7-4-8-18-38)46-20-12-10-14-32(46)2/h3-30H,1-2H3. The SMILES string of the molecule is Cc1ccccc1N(c1ccccc1)c1ccc2cc3c(cc2c1)-c1cc2ccc(N(c4ccccc4)c4ccccc4C)cc2cc1-3. The Morgan fingerprint density at radius 3 is 1.04 bits per heavy atom. The van der Waals surface area contributed by atoms with Crippen molar-refractivity contribution in [3.05, 3.63) is 181 Å². The van der Waals surface area contributed by atoms with Crippen LogP contribution in [0.1, 0.15) is 11.1 Å². The molecule has 0 radical (unpaired) electrons. The number of aryl methyl sites for hydroxylation is 2. The van der Waals surface area contributed by atoms with Crippen LogP contribution in [0, 0.1) is 13.8 Å². The highest BCUT2D eigenvalue weighted by Gasteiger charge is 2.25. The summed E-state index contributed by atoms with van der Waals surface area (Å²) in [5.41, 5.74) is 14.8. The summed E-state index contributed by atoms with van der Waals surface area (Å²) >= 11 is 0. The normalized spacial score (nSPS) is 11.5. The molecule has 2 heteroatoms. The molecule has 1 aliphatic carbocycles. The number of fused-ring (bicyclic) bond motifs is 6. The Hall–Kier alpha value is -6.12. The summed E-state index contributed by atoms with van der Waals surface area (Å²) in [5, 5.41) is 5.01. The largest absolute Gasteiger partial charge is 0.310 e. The van der Waals surface area contributed by atoms with Crippen LogP contribution in [0.2, 0.25) is 0 Å². The van der Waals surface area contributed by atoms with Crippen LogP contribution < -0.4 is 9.80 Å². The summed E-state index contributed by atoms with van der Waals surface area (Å²) in [6.45, 7) is 4.36. The lowest BCUT2D eigenvalue weighted by Crippen LogP contribution is -2.11. The second-order valence-corrected chi connectivity index (χ2v) is 12.8. The van der Waals surface area contributed by atoms with Crippen molar-refractivity contribution in [2.24, 2.45) is 0 Å². The van der Waals surface area contributed by atoms with Crippen LogP contribution in [-0.4, -0.2) is 0 Å². The smallest absolute Gasteiger partial charge is 0.0490 e. The summed E-state index contributed by atoms with van der Waals surface area (Å²) in [4.78, 5) is 4.73. The van der Waals surface area contributed by atoms with Gasteiger partial charge in [0.15, 0.2) is 0 Å². The quantitative estimate of drug-likeness (QED) is 0.184. The maximum absolute atomic E-state index is 2.38. The van der Waals surface area contributed by atoms with Gasteiger partial charge in [-0.2, -0.15) is 0 Å². The van der Waals surface area contributed by atoms with Gasteiger partial charge in [-0.25, -0.2) is 0 Å². The third-order valence-electron chi connectivity index (χ3n) is 9.76. The lowest BCUT2D eigenvalue weighted by atomic mass is 9.78. The van der Waals surface area contributed by atoms with E-state index >= 15 is 0 Å². The number of nitrogens with zero attached hydrogens (tertiary/aromatic N) is 2. The summed E-state index contributed by atoms with van der Waals surface area (Å²) in [5.74, 6) is 0. The van der Waals surface area contributed by atoms with E-state index in [-0.39, 0.29) is 0 Å². The second kappa shape index (κ2) is 11.3. The molecule has 0 aliphatic heterocycles. The minimum Gasteiger partial charge on any atom is -0.310 e. The average molecular weight is 615 g/mol. The number of hydrogen-bond donors (Lipinski definition) is 0. The highest BCUT2D eigenvalue weighted by Crippen LogP contribution is 2.51. The van der Waals surface area contributed by atoms with Crippen molar-refractivity contribution in [3.8, 4) is 22.3 Å². The van der Waals surface area contributed by atoms with Gasteiger partial charge in [0, 0.05) is 34.1 Å². The van der Waals surface area contributed by atoms with Crippen molar-refractivity contribution in [1.82, 2.24) is 0 Å². The van der Waals surface area contributed by atoms with Crippen LogP contribution in [0.5, 0.6) is 0 Å². The minimum absolute atomic E-state index is 1.15. The summed E-state index contributed by atoms with van der Waals surface area (Å²) < 4.78 is 0.